The second-order valence-corrected chi connectivity index (χ2v) is 4.82. The van der Waals surface area contributed by atoms with E-state index in [2.05, 4.69) is 17.2 Å². The van der Waals surface area contributed by atoms with Crippen molar-refractivity contribution < 1.29 is 4.79 Å². The van der Waals surface area contributed by atoms with Crippen molar-refractivity contribution in [3.8, 4) is 0 Å². The number of carbonyl (C=O) groups is 1. The Morgan fingerprint density at radius 1 is 1.77 bits per heavy atom. The fourth-order valence-corrected chi connectivity index (χ4v) is 2.31. The van der Waals surface area contributed by atoms with Gasteiger partial charge in [-0.25, -0.2) is 0 Å². The molecule has 0 aromatic heterocycles. The zero-order chi connectivity index (χ0) is 9.52. The highest BCUT2D eigenvalue weighted by atomic mass is 32.2. The summed E-state index contributed by atoms with van der Waals surface area (Å²) in [6.45, 7) is 2.95. The number of aliphatic imine (C=N–C) groups is 1. The van der Waals surface area contributed by atoms with Gasteiger partial charge in [0.05, 0.1) is 12.3 Å². The second kappa shape index (κ2) is 6.32. The molecule has 0 atom stereocenters. The van der Waals surface area contributed by atoms with Crippen LogP contribution in [0.2, 0.25) is 0 Å². The van der Waals surface area contributed by atoms with Crippen molar-refractivity contribution in [1.29, 1.82) is 0 Å². The Morgan fingerprint density at radius 3 is 3.23 bits per heavy atom. The molecule has 13 heavy (non-hydrogen) atoms. The third kappa shape index (κ3) is 4.57. The average molecular weight is 218 g/mol. The van der Waals surface area contributed by atoms with E-state index < -0.39 is 0 Å². The van der Waals surface area contributed by atoms with Crippen LogP contribution in [0.1, 0.15) is 13.3 Å². The van der Waals surface area contributed by atoms with E-state index in [0.29, 0.717) is 5.75 Å². The van der Waals surface area contributed by atoms with Gasteiger partial charge in [0.25, 0.3) is 0 Å². The highest BCUT2D eigenvalue weighted by molar-refractivity contribution is 8.14. The molecule has 1 heterocycles. The first-order chi connectivity index (χ1) is 6.33. The van der Waals surface area contributed by atoms with Gasteiger partial charge in [-0.05, 0) is 12.2 Å². The topological polar surface area (TPSA) is 41.5 Å². The van der Waals surface area contributed by atoms with Gasteiger partial charge in [-0.2, -0.15) is 11.8 Å². The van der Waals surface area contributed by atoms with Crippen molar-refractivity contribution in [2.45, 2.75) is 13.3 Å². The molecule has 3 nitrogen and oxygen atoms in total. The molecule has 0 aromatic carbocycles. The average Bonchev–Trinajstić information content (AvgIpc) is 2.57. The number of hydrogen-bond donors (Lipinski definition) is 1. The first-order valence-electron chi connectivity index (χ1n) is 4.37. The van der Waals surface area contributed by atoms with Crippen molar-refractivity contribution >= 4 is 34.6 Å². The fraction of sp³-hybridized carbons (Fsp3) is 0.750. The molecule has 0 unspecified atom stereocenters. The molecule has 0 saturated carbocycles. The van der Waals surface area contributed by atoms with Crippen LogP contribution in [-0.2, 0) is 4.79 Å². The van der Waals surface area contributed by atoms with E-state index in [0.717, 1.165) is 29.6 Å². The van der Waals surface area contributed by atoms with E-state index in [9.17, 15) is 4.79 Å². The fourth-order valence-electron chi connectivity index (χ4n) is 0.875. The molecule has 0 saturated heterocycles. The summed E-state index contributed by atoms with van der Waals surface area (Å²) >= 11 is 3.29. The minimum atomic E-state index is 0.0756. The Balaban J connectivity index is 2.10. The van der Waals surface area contributed by atoms with E-state index >= 15 is 0 Å². The van der Waals surface area contributed by atoms with E-state index in [1.807, 2.05) is 0 Å². The van der Waals surface area contributed by atoms with Gasteiger partial charge < -0.3 is 5.32 Å². The van der Waals surface area contributed by atoms with Crippen LogP contribution in [0.25, 0.3) is 0 Å². The predicted molar refractivity (Wildman–Crippen MR) is 60.5 cm³/mol. The number of hydrogen-bond acceptors (Lipinski definition) is 4. The van der Waals surface area contributed by atoms with Gasteiger partial charge in [-0.1, -0.05) is 18.7 Å². The number of rotatable bonds is 4. The molecule has 1 aliphatic heterocycles. The summed E-state index contributed by atoms with van der Waals surface area (Å²) in [5, 5.41) is 3.58. The SMILES string of the molecule is CCCSCC(=O)NC1=NCCS1. The van der Waals surface area contributed by atoms with Gasteiger partial charge in [0.2, 0.25) is 5.91 Å². The Kier molecular flexibility index (Phi) is 5.31. The van der Waals surface area contributed by atoms with Crippen molar-refractivity contribution in [2.75, 3.05) is 23.8 Å². The number of amides is 1. The molecule has 1 amide bonds. The molecule has 0 aliphatic carbocycles. The van der Waals surface area contributed by atoms with Crippen LogP contribution in [0.15, 0.2) is 4.99 Å². The molecule has 0 bridgehead atoms. The van der Waals surface area contributed by atoms with Crippen LogP contribution in [0.4, 0.5) is 0 Å². The minimum absolute atomic E-state index is 0.0756. The van der Waals surface area contributed by atoms with Crippen molar-refractivity contribution in [3.63, 3.8) is 0 Å². The van der Waals surface area contributed by atoms with Crippen LogP contribution >= 0.6 is 23.5 Å². The maximum Gasteiger partial charge on any atom is 0.235 e. The molecule has 1 N–H and O–H groups in total. The first-order valence-corrected chi connectivity index (χ1v) is 6.52. The standard InChI is InChI=1S/C8H14N2OS2/c1-2-4-12-6-7(11)10-8-9-3-5-13-8/h2-6H2,1H3,(H,9,10,11). The zero-order valence-electron chi connectivity index (χ0n) is 7.71. The number of nitrogens with zero attached hydrogens (tertiary/aromatic N) is 1. The van der Waals surface area contributed by atoms with Gasteiger partial charge in [-0.3, -0.25) is 9.79 Å². The lowest BCUT2D eigenvalue weighted by molar-refractivity contribution is -0.117. The van der Waals surface area contributed by atoms with E-state index in [1.165, 1.54) is 0 Å². The summed E-state index contributed by atoms with van der Waals surface area (Å²) < 4.78 is 0. The molecule has 1 rings (SSSR count). The summed E-state index contributed by atoms with van der Waals surface area (Å²) in [6, 6.07) is 0. The maximum atomic E-state index is 11.2. The summed E-state index contributed by atoms with van der Waals surface area (Å²) in [5.74, 6) is 2.67. The molecule has 0 spiro atoms. The molecule has 74 valence electrons. The van der Waals surface area contributed by atoms with E-state index in [4.69, 9.17) is 0 Å². The summed E-state index contributed by atoms with van der Waals surface area (Å²) in [7, 11) is 0. The third-order valence-corrected chi connectivity index (χ3v) is 3.47. The van der Waals surface area contributed by atoms with Gasteiger partial charge in [0.1, 0.15) is 0 Å². The number of carbonyl (C=O) groups excluding carboxylic acids is 1. The molecule has 0 radical (unpaired) electrons. The number of nitrogens with one attached hydrogen (secondary N) is 1. The lowest BCUT2D eigenvalue weighted by Crippen LogP contribution is -2.28. The van der Waals surface area contributed by atoms with Crippen LogP contribution < -0.4 is 5.32 Å². The number of thioether (sulfide) groups is 2. The summed E-state index contributed by atoms with van der Waals surface area (Å²) in [5.41, 5.74) is 0. The van der Waals surface area contributed by atoms with Gasteiger partial charge in [0, 0.05) is 5.75 Å². The molecule has 1 aliphatic rings. The Morgan fingerprint density at radius 2 is 2.62 bits per heavy atom. The maximum absolute atomic E-state index is 11.2. The van der Waals surface area contributed by atoms with Crippen LogP contribution in [0, 0.1) is 0 Å². The highest BCUT2D eigenvalue weighted by Gasteiger charge is 2.09. The largest absolute Gasteiger partial charge is 0.305 e. The highest BCUT2D eigenvalue weighted by Crippen LogP contribution is 2.09. The Hall–Kier alpha value is -0.160. The van der Waals surface area contributed by atoms with Gasteiger partial charge >= 0.3 is 0 Å². The third-order valence-electron chi connectivity index (χ3n) is 1.41. The molecular formula is C8H14N2OS2. The quantitative estimate of drug-likeness (QED) is 0.724. The van der Waals surface area contributed by atoms with Crippen LogP contribution in [-0.4, -0.2) is 34.9 Å². The van der Waals surface area contributed by atoms with Crippen LogP contribution in [0.3, 0.4) is 0 Å². The van der Waals surface area contributed by atoms with E-state index in [-0.39, 0.29) is 5.91 Å². The molecular weight excluding hydrogens is 204 g/mol. The van der Waals surface area contributed by atoms with E-state index in [1.54, 1.807) is 23.5 Å². The van der Waals surface area contributed by atoms with Crippen molar-refractivity contribution in [1.82, 2.24) is 5.32 Å². The normalized spacial score (nSPS) is 15.6. The summed E-state index contributed by atoms with van der Waals surface area (Å²) in [6.07, 6.45) is 1.12. The molecule has 0 fully saturated rings. The van der Waals surface area contributed by atoms with Crippen molar-refractivity contribution in [2.24, 2.45) is 4.99 Å². The van der Waals surface area contributed by atoms with Crippen LogP contribution in [0.5, 0.6) is 0 Å². The smallest absolute Gasteiger partial charge is 0.235 e. The lowest BCUT2D eigenvalue weighted by Gasteiger charge is -2.02. The Labute approximate surface area is 87.1 Å². The Bertz CT molecular complexity index is 206. The van der Waals surface area contributed by atoms with Gasteiger partial charge in [0.15, 0.2) is 5.17 Å². The zero-order valence-corrected chi connectivity index (χ0v) is 9.34. The summed E-state index contributed by atoms with van der Waals surface area (Å²) in [4.78, 5) is 15.4. The monoisotopic (exact) mass is 218 g/mol. The predicted octanol–water partition coefficient (Wildman–Crippen LogP) is 1.35. The number of amidine groups is 1. The molecule has 5 heteroatoms. The second-order valence-electron chi connectivity index (χ2n) is 2.64. The van der Waals surface area contributed by atoms with Crippen molar-refractivity contribution in [3.05, 3.63) is 0 Å². The molecule has 0 aromatic rings. The van der Waals surface area contributed by atoms with Gasteiger partial charge in [-0.15, -0.1) is 0 Å². The minimum Gasteiger partial charge on any atom is -0.305 e. The lowest BCUT2D eigenvalue weighted by atomic mass is 10.6. The first kappa shape index (κ1) is 10.9.